The first-order valence-electron chi connectivity index (χ1n) is 11.4. The first kappa shape index (κ1) is 23.6. The molecule has 1 aliphatic carbocycles. The Morgan fingerprint density at radius 2 is 1.72 bits per heavy atom. The zero-order chi connectivity index (χ0) is 22.9. The lowest BCUT2D eigenvalue weighted by Crippen LogP contribution is -2.52. The van der Waals surface area contributed by atoms with Gasteiger partial charge in [-0.2, -0.15) is 0 Å². The van der Waals surface area contributed by atoms with Crippen molar-refractivity contribution in [2.24, 2.45) is 0 Å². The SMILES string of the molecule is CC[C@@H](C(=O)NC1CCCC1)N(Cc1ccc(C)cc1)C(=O)COc1ccccc1OC. The molecule has 1 atom stereocenters. The number of nitrogens with one attached hydrogen (secondary N) is 1. The first-order valence-corrected chi connectivity index (χ1v) is 11.4. The van der Waals surface area contributed by atoms with Crippen LogP contribution in [0.5, 0.6) is 11.5 Å². The average molecular weight is 439 g/mol. The number of rotatable bonds is 10. The molecule has 0 radical (unpaired) electrons. The minimum atomic E-state index is -0.550. The van der Waals surface area contributed by atoms with Gasteiger partial charge in [-0.25, -0.2) is 0 Å². The number of aryl methyl sites for hydroxylation is 1. The number of carbonyl (C=O) groups excluding carboxylic acids is 2. The Morgan fingerprint density at radius 3 is 2.34 bits per heavy atom. The number of nitrogens with zero attached hydrogens (tertiary/aromatic N) is 1. The monoisotopic (exact) mass is 438 g/mol. The van der Waals surface area contributed by atoms with Gasteiger partial charge in [0.2, 0.25) is 5.91 Å². The minimum absolute atomic E-state index is 0.0860. The standard InChI is InChI=1S/C26H34N2O4/c1-4-22(26(30)27-21-9-5-6-10-21)28(17-20-15-13-19(2)14-16-20)25(29)18-32-24-12-8-7-11-23(24)31-3/h7-8,11-16,21-22H,4-6,9-10,17-18H2,1-3H3,(H,27,30)/t22-/m0/s1. The van der Waals surface area contributed by atoms with Crippen molar-refractivity contribution in [1.82, 2.24) is 10.2 Å². The quantitative estimate of drug-likeness (QED) is 0.602. The molecule has 6 nitrogen and oxygen atoms in total. The molecule has 2 aromatic carbocycles. The van der Waals surface area contributed by atoms with E-state index in [4.69, 9.17) is 9.47 Å². The predicted molar refractivity (Wildman–Crippen MR) is 125 cm³/mol. The molecule has 0 spiro atoms. The molecule has 0 saturated heterocycles. The molecule has 1 fully saturated rings. The maximum Gasteiger partial charge on any atom is 0.261 e. The second kappa shape index (κ2) is 11.6. The van der Waals surface area contributed by atoms with Gasteiger partial charge in [-0.15, -0.1) is 0 Å². The molecule has 1 N–H and O–H groups in total. The summed E-state index contributed by atoms with van der Waals surface area (Å²) in [7, 11) is 1.56. The van der Waals surface area contributed by atoms with Gasteiger partial charge in [0.05, 0.1) is 7.11 Å². The number of amides is 2. The van der Waals surface area contributed by atoms with Gasteiger partial charge in [-0.05, 0) is 43.9 Å². The zero-order valence-corrected chi connectivity index (χ0v) is 19.3. The topological polar surface area (TPSA) is 67.9 Å². The number of methoxy groups -OCH3 is 1. The van der Waals surface area contributed by atoms with Crippen molar-refractivity contribution in [3.8, 4) is 11.5 Å². The van der Waals surface area contributed by atoms with Gasteiger partial charge in [0.15, 0.2) is 18.1 Å². The summed E-state index contributed by atoms with van der Waals surface area (Å²) in [4.78, 5) is 28.1. The molecule has 1 saturated carbocycles. The van der Waals surface area contributed by atoms with Crippen LogP contribution in [0.3, 0.4) is 0 Å². The van der Waals surface area contributed by atoms with Gasteiger partial charge in [0, 0.05) is 12.6 Å². The molecule has 172 valence electrons. The van der Waals surface area contributed by atoms with E-state index in [0.717, 1.165) is 36.8 Å². The molecule has 0 bridgehead atoms. The molecule has 2 aromatic rings. The minimum Gasteiger partial charge on any atom is -0.493 e. The summed E-state index contributed by atoms with van der Waals surface area (Å²) >= 11 is 0. The Morgan fingerprint density at radius 1 is 1.06 bits per heavy atom. The van der Waals surface area contributed by atoms with Gasteiger partial charge in [-0.3, -0.25) is 9.59 Å². The molecule has 0 heterocycles. The van der Waals surface area contributed by atoms with Crippen molar-refractivity contribution in [1.29, 1.82) is 0 Å². The van der Waals surface area contributed by atoms with Crippen molar-refractivity contribution in [3.63, 3.8) is 0 Å². The molecule has 6 heteroatoms. The van der Waals surface area contributed by atoms with Crippen LogP contribution in [0, 0.1) is 6.92 Å². The van der Waals surface area contributed by atoms with E-state index in [0.29, 0.717) is 24.5 Å². The Labute approximate surface area is 190 Å². The maximum absolute atomic E-state index is 13.3. The summed E-state index contributed by atoms with van der Waals surface area (Å²) < 4.78 is 11.1. The van der Waals surface area contributed by atoms with E-state index in [1.165, 1.54) is 0 Å². The van der Waals surface area contributed by atoms with Gasteiger partial charge in [0.1, 0.15) is 6.04 Å². The van der Waals surface area contributed by atoms with Crippen LogP contribution >= 0.6 is 0 Å². The second-order valence-electron chi connectivity index (χ2n) is 8.36. The highest BCUT2D eigenvalue weighted by Gasteiger charge is 2.31. The smallest absolute Gasteiger partial charge is 0.261 e. The van der Waals surface area contributed by atoms with Crippen molar-refractivity contribution < 1.29 is 19.1 Å². The van der Waals surface area contributed by atoms with Crippen LogP contribution < -0.4 is 14.8 Å². The largest absolute Gasteiger partial charge is 0.493 e. The molecule has 3 rings (SSSR count). The third kappa shape index (κ3) is 6.25. The number of carbonyl (C=O) groups is 2. The van der Waals surface area contributed by atoms with Crippen molar-refractivity contribution in [2.45, 2.75) is 64.6 Å². The fourth-order valence-corrected chi connectivity index (χ4v) is 4.14. The second-order valence-corrected chi connectivity index (χ2v) is 8.36. The highest BCUT2D eigenvalue weighted by molar-refractivity contribution is 5.88. The van der Waals surface area contributed by atoms with Gasteiger partial charge in [0.25, 0.3) is 5.91 Å². The highest BCUT2D eigenvalue weighted by Crippen LogP contribution is 2.26. The van der Waals surface area contributed by atoms with Crippen molar-refractivity contribution in [3.05, 3.63) is 59.7 Å². The van der Waals surface area contributed by atoms with Gasteiger partial charge < -0.3 is 19.7 Å². The van der Waals surface area contributed by atoms with Crippen LogP contribution in [0.25, 0.3) is 0 Å². The molecular formula is C26H34N2O4. The number of hydrogen-bond donors (Lipinski definition) is 1. The highest BCUT2D eigenvalue weighted by atomic mass is 16.5. The van der Waals surface area contributed by atoms with Crippen LogP contribution in [0.2, 0.25) is 0 Å². The number of hydrogen-bond acceptors (Lipinski definition) is 4. The van der Waals surface area contributed by atoms with E-state index < -0.39 is 6.04 Å². The Hall–Kier alpha value is -3.02. The molecule has 0 aliphatic heterocycles. The van der Waals surface area contributed by atoms with E-state index >= 15 is 0 Å². The summed E-state index contributed by atoms with van der Waals surface area (Å²) in [6.07, 6.45) is 4.82. The molecule has 0 unspecified atom stereocenters. The van der Waals surface area contributed by atoms with Crippen LogP contribution in [-0.4, -0.2) is 42.5 Å². The number of para-hydroxylation sites is 2. The maximum atomic E-state index is 13.3. The zero-order valence-electron chi connectivity index (χ0n) is 19.3. The number of ether oxygens (including phenoxy) is 2. The summed E-state index contributed by atoms with van der Waals surface area (Å²) in [6.45, 7) is 4.15. The Bertz CT molecular complexity index is 891. The van der Waals surface area contributed by atoms with Crippen LogP contribution in [0.1, 0.15) is 50.2 Å². The molecule has 2 amide bonds. The average Bonchev–Trinajstić information content (AvgIpc) is 3.31. The Kier molecular flexibility index (Phi) is 8.54. The predicted octanol–water partition coefficient (Wildman–Crippen LogP) is 4.25. The Balaban J connectivity index is 1.76. The summed E-state index contributed by atoms with van der Waals surface area (Å²) in [5, 5.41) is 3.16. The van der Waals surface area contributed by atoms with Crippen LogP contribution in [-0.2, 0) is 16.1 Å². The van der Waals surface area contributed by atoms with E-state index in [1.807, 2.05) is 50.2 Å². The third-order valence-electron chi connectivity index (χ3n) is 5.98. The summed E-state index contributed by atoms with van der Waals surface area (Å²) in [6, 6.07) is 14.9. The fourth-order valence-electron chi connectivity index (χ4n) is 4.14. The van der Waals surface area contributed by atoms with Crippen LogP contribution in [0.15, 0.2) is 48.5 Å². The summed E-state index contributed by atoms with van der Waals surface area (Å²) in [5.41, 5.74) is 2.13. The van der Waals surface area contributed by atoms with E-state index in [2.05, 4.69) is 5.32 Å². The third-order valence-corrected chi connectivity index (χ3v) is 5.98. The lowest BCUT2D eigenvalue weighted by atomic mass is 10.1. The normalized spacial score (nSPS) is 14.6. The van der Waals surface area contributed by atoms with Gasteiger partial charge in [-0.1, -0.05) is 61.7 Å². The summed E-state index contributed by atoms with van der Waals surface area (Å²) in [5.74, 6) is 0.751. The fraction of sp³-hybridized carbons (Fsp3) is 0.462. The first-order chi connectivity index (χ1) is 15.5. The molecule has 1 aliphatic rings. The van der Waals surface area contributed by atoms with Crippen LogP contribution in [0.4, 0.5) is 0 Å². The van der Waals surface area contributed by atoms with E-state index in [9.17, 15) is 9.59 Å². The lowest BCUT2D eigenvalue weighted by Gasteiger charge is -2.31. The van der Waals surface area contributed by atoms with E-state index in [1.54, 1.807) is 24.1 Å². The van der Waals surface area contributed by atoms with Gasteiger partial charge >= 0.3 is 0 Å². The van der Waals surface area contributed by atoms with Crippen molar-refractivity contribution in [2.75, 3.05) is 13.7 Å². The lowest BCUT2D eigenvalue weighted by molar-refractivity contribution is -0.143. The molecule has 0 aromatic heterocycles. The molecular weight excluding hydrogens is 404 g/mol. The molecule has 32 heavy (non-hydrogen) atoms. The van der Waals surface area contributed by atoms with Crippen molar-refractivity contribution >= 4 is 11.8 Å². The van der Waals surface area contributed by atoms with E-state index in [-0.39, 0.29) is 24.5 Å². The number of benzene rings is 2.